The van der Waals surface area contributed by atoms with E-state index in [1.807, 2.05) is 22.9 Å². The van der Waals surface area contributed by atoms with Crippen molar-refractivity contribution in [3.8, 4) is 11.1 Å². The van der Waals surface area contributed by atoms with Gasteiger partial charge in [0.1, 0.15) is 10.9 Å². The molecule has 0 saturated carbocycles. The average Bonchev–Trinajstić information content (AvgIpc) is 3.68. The van der Waals surface area contributed by atoms with E-state index in [9.17, 15) is 31.7 Å². The maximum absolute atomic E-state index is 13.3. The molecule has 13 nitrogen and oxygen atoms in total. The van der Waals surface area contributed by atoms with Crippen molar-refractivity contribution < 1.29 is 31.3 Å². The molecular formula is C40H39N5O8S2. The molecule has 5 aromatic carbocycles. The zero-order valence-electron chi connectivity index (χ0n) is 29.7. The molecule has 0 aromatic heterocycles. The molecule has 1 amide bonds. The molecule has 0 radical (unpaired) electrons. The fourth-order valence-electron chi connectivity index (χ4n) is 6.94. The third-order valence-electron chi connectivity index (χ3n) is 9.91. The molecule has 15 heteroatoms. The van der Waals surface area contributed by atoms with Crippen molar-refractivity contribution >= 4 is 42.8 Å². The monoisotopic (exact) mass is 781 g/mol. The zero-order valence-corrected chi connectivity index (χ0v) is 31.3. The number of carbonyl (C=O) groups is 1. The topological polar surface area (TPSA) is 168 Å². The summed E-state index contributed by atoms with van der Waals surface area (Å²) >= 11 is 0. The summed E-state index contributed by atoms with van der Waals surface area (Å²) in [6.07, 6.45) is 0. The van der Waals surface area contributed by atoms with Crippen molar-refractivity contribution in [3.63, 3.8) is 0 Å². The summed E-state index contributed by atoms with van der Waals surface area (Å²) < 4.78 is 60.6. The summed E-state index contributed by atoms with van der Waals surface area (Å²) in [5.74, 6) is -0.893. The number of hydrogen-bond acceptors (Lipinski definition) is 11. The molecule has 0 aliphatic carbocycles. The van der Waals surface area contributed by atoms with E-state index >= 15 is 0 Å². The number of carbonyl (C=O) groups excluding carboxylic acids is 1. The third kappa shape index (κ3) is 8.39. The second kappa shape index (κ2) is 16.0. The molecule has 2 saturated heterocycles. The van der Waals surface area contributed by atoms with E-state index in [1.165, 1.54) is 34.9 Å². The minimum atomic E-state index is -4.53. The second-order valence-electron chi connectivity index (χ2n) is 13.4. The van der Waals surface area contributed by atoms with Crippen LogP contribution in [0.15, 0.2) is 137 Å². The van der Waals surface area contributed by atoms with Gasteiger partial charge in [0, 0.05) is 50.0 Å². The first-order chi connectivity index (χ1) is 26.5. The van der Waals surface area contributed by atoms with E-state index in [0.29, 0.717) is 0 Å². The number of sulfone groups is 1. The Balaban J connectivity index is 0.972. The molecule has 284 valence electrons. The van der Waals surface area contributed by atoms with Gasteiger partial charge in [0.15, 0.2) is 9.84 Å². The van der Waals surface area contributed by atoms with Crippen LogP contribution in [0.5, 0.6) is 0 Å². The van der Waals surface area contributed by atoms with Gasteiger partial charge in [-0.1, -0.05) is 72.8 Å². The van der Waals surface area contributed by atoms with Crippen molar-refractivity contribution in [2.75, 3.05) is 49.6 Å². The SMILES string of the molecule is O=C(NS(=O)(=O)c1ccc(NC2COCC2S(=O)(=O)c2ccccc2)c([N+](=O)[O-])c1)c1ccc(N2CCN(Cc3ccccc3-c3ccccc3)CC2)cc1. The Labute approximate surface area is 319 Å². The van der Waals surface area contributed by atoms with Gasteiger partial charge < -0.3 is 15.0 Å². The number of benzene rings is 5. The number of nitrogens with one attached hydrogen (secondary N) is 2. The van der Waals surface area contributed by atoms with Crippen LogP contribution in [0.4, 0.5) is 17.1 Å². The minimum Gasteiger partial charge on any atom is -0.378 e. The van der Waals surface area contributed by atoms with Crippen LogP contribution in [0.3, 0.4) is 0 Å². The van der Waals surface area contributed by atoms with E-state index in [0.717, 1.165) is 50.5 Å². The molecule has 55 heavy (non-hydrogen) atoms. The fraction of sp³-hybridized carbons (Fsp3) is 0.225. The maximum atomic E-state index is 13.3. The van der Waals surface area contributed by atoms with Crippen molar-refractivity contribution in [1.82, 2.24) is 9.62 Å². The van der Waals surface area contributed by atoms with Gasteiger partial charge in [0.05, 0.1) is 34.0 Å². The summed E-state index contributed by atoms with van der Waals surface area (Å²) in [4.78, 5) is 28.6. The van der Waals surface area contributed by atoms with Crippen molar-refractivity contribution in [3.05, 3.63) is 149 Å². The highest BCUT2D eigenvalue weighted by molar-refractivity contribution is 7.92. The van der Waals surface area contributed by atoms with Gasteiger partial charge in [-0.05, 0) is 65.2 Å². The molecule has 2 heterocycles. The average molecular weight is 782 g/mol. The number of sulfonamides is 1. The first-order valence-electron chi connectivity index (χ1n) is 17.7. The van der Waals surface area contributed by atoms with Crippen LogP contribution in [0, 0.1) is 10.1 Å². The molecule has 2 aliphatic heterocycles. The minimum absolute atomic E-state index is 0.0385. The highest BCUT2D eigenvalue weighted by Gasteiger charge is 2.40. The number of nitro benzene ring substituents is 1. The van der Waals surface area contributed by atoms with Crippen LogP contribution in [0.2, 0.25) is 0 Å². The number of ether oxygens (including phenoxy) is 1. The number of hydrogen-bond donors (Lipinski definition) is 2. The van der Waals surface area contributed by atoms with E-state index < -0.39 is 52.6 Å². The summed E-state index contributed by atoms with van der Waals surface area (Å²) in [5, 5.41) is 13.9. The lowest BCUT2D eigenvalue weighted by atomic mass is 9.99. The first-order valence-corrected chi connectivity index (χ1v) is 20.7. The van der Waals surface area contributed by atoms with Gasteiger partial charge in [0.2, 0.25) is 0 Å². The quantitative estimate of drug-likeness (QED) is 0.124. The van der Waals surface area contributed by atoms with E-state index in [1.54, 1.807) is 42.5 Å². The highest BCUT2D eigenvalue weighted by Crippen LogP contribution is 2.32. The van der Waals surface area contributed by atoms with Gasteiger partial charge in [0.25, 0.3) is 21.6 Å². The second-order valence-corrected chi connectivity index (χ2v) is 17.2. The molecule has 0 spiro atoms. The van der Waals surface area contributed by atoms with Crippen molar-refractivity contribution in [2.45, 2.75) is 27.6 Å². The van der Waals surface area contributed by atoms with E-state index in [4.69, 9.17) is 4.74 Å². The van der Waals surface area contributed by atoms with Crippen LogP contribution in [0.25, 0.3) is 11.1 Å². The lowest BCUT2D eigenvalue weighted by molar-refractivity contribution is -0.384. The van der Waals surface area contributed by atoms with Crippen LogP contribution >= 0.6 is 0 Å². The van der Waals surface area contributed by atoms with Crippen LogP contribution in [0.1, 0.15) is 15.9 Å². The molecule has 2 fully saturated rings. The Morgan fingerprint density at radius 3 is 2.11 bits per heavy atom. The highest BCUT2D eigenvalue weighted by atomic mass is 32.2. The van der Waals surface area contributed by atoms with Crippen molar-refractivity contribution in [1.29, 1.82) is 0 Å². The van der Waals surface area contributed by atoms with E-state index in [2.05, 4.69) is 51.5 Å². The number of nitrogens with zero attached hydrogens (tertiary/aromatic N) is 3. The van der Waals surface area contributed by atoms with Crippen LogP contribution < -0.4 is 14.9 Å². The number of amides is 1. The normalized spacial score (nSPS) is 17.8. The molecule has 2 aliphatic rings. The van der Waals surface area contributed by atoms with Gasteiger partial charge in [-0.15, -0.1) is 0 Å². The Bertz CT molecular complexity index is 2390. The standard InChI is InChI=1S/C40H39N5O8S2/c46-40(30-15-17-32(18-16-30)44-23-21-43(22-24-44)26-31-11-7-8-14-35(31)29-9-3-1-4-10-29)42-55(51,52)34-19-20-36(38(25-34)45(47)48)41-37-27-53-28-39(37)54(49,50)33-12-5-2-6-13-33/h1-20,25,37,39,41H,21-24,26-28H2,(H,42,46). The third-order valence-corrected chi connectivity index (χ3v) is 13.4. The van der Waals surface area contributed by atoms with Gasteiger partial charge in [-0.25, -0.2) is 21.6 Å². The number of anilines is 2. The molecule has 0 bridgehead atoms. The summed E-state index contributed by atoms with van der Waals surface area (Å²) in [5.41, 5.74) is 3.97. The van der Waals surface area contributed by atoms with Crippen LogP contribution in [-0.2, 0) is 31.1 Å². The predicted octanol–water partition coefficient (Wildman–Crippen LogP) is 5.36. The molecule has 2 unspecified atom stereocenters. The number of nitro groups is 1. The summed E-state index contributed by atoms with van der Waals surface area (Å²) in [6, 6.07) is 35.5. The van der Waals surface area contributed by atoms with E-state index in [-0.39, 0.29) is 29.4 Å². The molecule has 7 rings (SSSR count). The summed E-state index contributed by atoms with van der Waals surface area (Å²) in [7, 11) is -8.38. The Morgan fingerprint density at radius 2 is 1.42 bits per heavy atom. The smallest absolute Gasteiger partial charge is 0.293 e. The zero-order chi connectivity index (χ0) is 38.6. The summed E-state index contributed by atoms with van der Waals surface area (Å²) in [6.45, 7) is 3.89. The molecule has 5 aromatic rings. The Morgan fingerprint density at radius 1 is 0.764 bits per heavy atom. The van der Waals surface area contributed by atoms with Gasteiger partial charge >= 0.3 is 0 Å². The number of piperazine rings is 1. The fourth-order valence-corrected chi connectivity index (χ4v) is 9.67. The van der Waals surface area contributed by atoms with Gasteiger partial charge in [-0.3, -0.25) is 19.8 Å². The Kier molecular flexibility index (Phi) is 11.0. The first kappa shape index (κ1) is 37.7. The van der Waals surface area contributed by atoms with Crippen molar-refractivity contribution in [2.24, 2.45) is 0 Å². The maximum Gasteiger partial charge on any atom is 0.293 e. The Hall–Kier alpha value is -5.61. The lowest BCUT2D eigenvalue weighted by Crippen LogP contribution is -2.46. The molecule has 2 N–H and O–H groups in total. The van der Waals surface area contributed by atoms with Crippen LogP contribution in [-0.4, -0.2) is 83.3 Å². The number of rotatable bonds is 12. The van der Waals surface area contributed by atoms with Gasteiger partial charge in [-0.2, -0.15) is 0 Å². The predicted molar refractivity (Wildman–Crippen MR) is 209 cm³/mol. The largest absolute Gasteiger partial charge is 0.378 e. The molecular weight excluding hydrogens is 743 g/mol. The molecule has 2 atom stereocenters. The lowest BCUT2D eigenvalue weighted by Gasteiger charge is -2.36.